The predicted octanol–water partition coefficient (Wildman–Crippen LogP) is 2.01. The Hall–Kier alpha value is -3.22. The van der Waals surface area contributed by atoms with Crippen molar-refractivity contribution in [1.82, 2.24) is 10.6 Å². The van der Waals surface area contributed by atoms with E-state index in [4.69, 9.17) is 9.47 Å². The Morgan fingerprint density at radius 2 is 1.81 bits per heavy atom. The fraction of sp³-hybridized carbons (Fsp3) is 0.263. The number of nitrogens with one attached hydrogen (secondary N) is 3. The minimum Gasteiger partial charge on any atom is -0.497 e. The van der Waals surface area contributed by atoms with Crippen molar-refractivity contribution in [2.45, 2.75) is 6.54 Å². The number of aliphatic imine (C=N–C) groups is 1. The highest BCUT2D eigenvalue weighted by Crippen LogP contribution is 2.24. The molecule has 0 saturated heterocycles. The highest BCUT2D eigenvalue weighted by molar-refractivity contribution is 5.94. The van der Waals surface area contributed by atoms with Crippen LogP contribution in [-0.2, 0) is 11.3 Å². The van der Waals surface area contributed by atoms with E-state index in [2.05, 4.69) is 20.9 Å². The molecule has 0 heterocycles. The zero-order valence-corrected chi connectivity index (χ0v) is 15.2. The third-order valence-electron chi connectivity index (χ3n) is 3.64. The quantitative estimate of drug-likeness (QED) is 0.522. The number of methoxy groups -OCH3 is 2. The van der Waals surface area contributed by atoms with Crippen LogP contribution in [0.5, 0.6) is 11.5 Å². The normalized spacial score (nSPS) is 10.8. The van der Waals surface area contributed by atoms with Gasteiger partial charge in [-0.05, 0) is 24.3 Å². The number of anilines is 1. The largest absolute Gasteiger partial charge is 0.497 e. The SMILES string of the molecule is CN=C(NCC(=O)Nc1ccccc1)NCc1ccc(OC)cc1OC. The Morgan fingerprint density at radius 3 is 2.46 bits per heavy atom. The van der Waals surface area contributed by atoms with Crippen LogP contribution in [0.15, 0.2) is 53.5 Å². The van der Waals surface area contributed by atoms with Crippen LogP contribution < -0.4 is 25.4 Å². The fourth-order valence-corrected chi connectivity index (χ4v) is 2.29. The first-order chi connectivity index (χ1) is 12.7. The summed E-state index contributed by atoms with van der Waals surface area (Å²) in [4.78, 5) is 16.1. The maximum Gasteiger partial charge on any atom is 0.243 e. The van der Waals surface area contributed by atoms with Crippen LogP contribution in [0.4, 0.5) is 5.69 Å². The Morgan fingerprint density at radius 1 is 1.04 bits per heavy atom. The van der Waals surface area contributed by atoms with Gasteiger partial charge < -0.3 is 25.4 Å². The number of ether oxygens (including phenoxy) is 2. The van der Waals surface area contributed by atoms with E-state index in [0.717, 1.165) is 17.0 Å². The number of para-hydroxylation sites is 1. The van der Waals surface area contributed by atoms with Crippen LogP contribution in [0.2, 0.25) is 0 Å². The van der Waals surface area contributed by atoms with E-state index in [0.29, 0.717) is 18.3 Å². The Bertz CT molecular complexity index is 748. The van der Waals surface area contributed by atoms with Crippen molar-refractivity contribution < 1.29 is 14.3 Å². The highest BCUT2D eigenvalue weighted by atomic mass is 16.5. The predicted molar refractivity (Wildman–Crippen MR) is 103 cm³/mol. The number of benzene rings is 2. The average Bonchev–Trinajstić information content (AvgIpc) is 2.68. The first-order valence-corrected chi connectivity index (χ1v) is 8.16. The lowest BCUT2D eigenvalue weighted by Crippen LogP contribution is -2.41. The maximum atomic E-state index is 12.0. The molecule has 7 nitrogen and oxygen atoms in total. The molecule has 0 aliphatic rings. The Labute approximate surface area is 153 Å². The van der Waals surface area contributed by atoms with Crippen LogP contribution >= 0.6 is 0 Å². The number of carbonyl (C=O) groups excluding carboxylic acids is 1. The van der Waals surface area contributed by atoms with Gasteiger partial charge >= 0.3 is 0 Å². The summed E-state index contributed by atoms with van der Waals surface area (Å²) in [6, 6.07) is 14.9. The van der Waals surface area contributed by atoms with Crippen molar-refractivity contribution in [2.24, 2.45) is 4.99 Å². The van der Waals surface area contributed by atoms with Crippen molar-refractivity contribution in [3.05, 3.63) is 54.1 Å². The molecule has 0 atom stereocenters. The molecule has 0 saturated carbocycles. The molecule has 0 aromatic heterocycles. The molecular weight excluding hydrogens is 332 g/mol. The lowest BCUT2D eigenvalue weighted by atomic mass is 10.2. The molecule has 0 unspecified atom stereocenters. The van der Waals surface area contributed by atoms with Gasteiger partial charge in [-0.25, -0.2) is 0 Å². The highest BCUT2D eigenvalue weighted by Gasteiger charge is 2.07. The number of carbonyl (C=O) groups is 1. The zero-order valence-electron chi connectivity index (χ0n) is 15.2. The third kappa shape index (κ3) is 5.70. The summed E-state index contributed by atoms with van der Waals surface area (Å²) < 4.78 is 10.6. The van der Waals surface area contributed by atoms with E-state index in [1.165, 1.54) is 0 Å². The smallest absolute Gasteiger partial charge is 0.243 e. The first kappa shape index (κ1) is 19.1. The van der Waals surface area contributed by atoms with Crippen LogP contribution in [-0.4, -0.2) is 39.7 Å². The summed E-state index contributed by atoms with van der Waals surface area (Å²) in [5.41, 5.74) is 1.70. The first-order valence-electron chi connectivity index (χ1n) is 8.16. The average molecular weight is 356 g/mol. The molecule has 3 N–H and O–H groups in total. The van der Waals surface area contributed by atoms with Gasteiger partial charge in [0.05, 0.1) is 20.8 Å². The van der Waals surface area contributed by atoms with Gasteiger partial charge in [-0.2, -0.15) is 0 Å². The molecule has 0 aliphatic carbocycles. The molecule has 0 aliphatic heterocycles. The van der Waals surface area contributed by atoms with Crippen molar-refractivity contribution in [1.29, 1.82) is 0 Å². The van der Waals surface area contributed by atoms with E-state index in [9.17, 15) is 4.79 Å². The van der Waals surface area contributed by atoms with Crippen molar-refractivity contribution in [2.75, 3.05) is 33.1 Å². The minimum absolute atomic E-state index is 0.105. The van der Waals surface area contributed by atoms with Crippen LogP contribution in [0.3, 0.4) is 0 Å². The number of hydrogen-bond donors (Lipinski definition) is 3. The number of guanidine groups is 1. The van der Waals surface area contributed by atoms with Crippen molar-refractivity contribution >= 4 is 17.6 Å². The van der Waals surface area contributed by atoms with Crippen LogP contribution in [0.25, 0.3) is 0 Å². The minimum atomic E-state index is -0.152. The molecular formula is C19H24N4O3. The molecule has 0 spiro atoms. The maximum absolute atomic E-state index is 12.0. The number of nitrogens with zero attached hydrogens (tertiary/aromatic N) is 1. The van der Waals surface area contributed by atoms with Gasteiger partial charge in [0.1, 0.15) is 11.5 Å². The summed E-state index contributed by atoms with van der Waals surface area (Å²) in [5, 5.41) is 8.94. The van der Waals surface area contributed by atoms with Crippen molar-refractivity contribution in [3.8, 4) is 11.5 Å². The topological polar surface area (TPSA) is 84.0 Å². The summed E-state index contributed by atoms with van der Waals surface area (Å²) in [5.74, 6) is 1.81. The van der Waals surface area contributed by atoms with Gasteiger partial charge in [0, 0.05) is 30.9 Å². The van der Waals surface area contributed by atoms with Gasteiger partial charge in [-0.1, -0.05) is 18.2 Å². The van der Waals surface area contributed by atoms with Crippen LogP contribution in [0.1, 0.15) is 5.56 Å². The van der Waals surface area contributed by atoms with Gasteiger partial charge in [0.2, 0.25) is 5.91 Å². The summed E-state index contributed by atoms with van der Waals surface area (Å²) >= 11 is 0. The molecule has 0 bridgehead atoms. The van der Waals surface area contributed by atoms with E-state index in [1.54, 1.807) is 21.3 Å². The van der Waals surface area contributed by atoms with Crippen molar-refractivity contribution in [3.63, 3.8) is 0 Å². The molecule has 7 heteroatoms. The summed E-state index contributed by atoms with van der Waals surface area (Å²) in [6.45, 7) is 0.599. The van der Waals surface area contributed by atoms with Gasteiger partial charge in [-0.15, -0.1) is 0 Å². The molecule has 2 aromatic rings. The lowest BCUT2D eigenvalue weighted by molar-refractivity contribution is -0.115. The number of amides is 1. The fourth-order valence-electron chi connectivity index (χ4n) is 2.29. The van der Waals surface area contributed by atoms with E-state index < -0.39 is 0 Å². The molecule has 2 aromatic carbocycles. The zero-order chi connectivity index (χ0) is 18.8. The molecule has 1 amide bonds. The van der Waals surface area contributed by atoms with Gasteiger partial charge in [0.25, 0.3) is 0 Å². The van der Waals surface area contributed by atoms with E-state index >= 15 is 0 Å². The third-order valence-corrected chi connectivity index (χ3v) is 3.64. The standard InChI is InChI=1S/C19H24N4O3/c1-20-19(22-13-18(24)23-15-7-5-4-6-8-15)21-12-14-9-10-16(25-2)11-17(14)26-3/h4-11H,12-13H2,1-3H3,(H,23,24)(H2,20,21,22). The second-order valence-electron chi connectivity index (χ2n) is 5.37. The summed E-state index contributed by atoms with van der Waals surface area (Å²) in [7, 11) is 4.87. The lowest BCUT2D eigenvalue weighted by Gasteiger charge is -2.14. The monoisotopic (exact) mass is 356 g/mol. The molecule has 2 rings (SSSR count). The van der Waals surface area contributed by atoms with E-state index in [-0.39, 0.29) is 12.5 Å². The molecule has 0 fully saturated rings. The van der Waals surface area contributed by atoms with Gasteiger partial charge in [0.15, 0.2) is 5.96 Å². The Balaban J connectivity index is 1.85. The summed E-state index contributed by atoms with van der Waals surface area (Å²) in [6.07, 6.45) is 0. The molecule has 138 valence electrons. The van der Waals surface area contributed by atoms with Crippen LogP contribution in [0, 0.1) is 0 Å². The van der Waals surface area contributed by atoms with E-state index in [1.807, 2.05) is 48.5 Å². The molecule has 0 radical (unpaired) electrons. The Kier molecular flexibility index (Phi) is 7.30. The van der Waals surface area contributed by atoms with Gasteiger partial charge in [-0.3, -0.25) is 9.79 Å². The number of rotatable bonds is 7. The second kappa shape index (κ2) is 9.93. The second-order valence-corrected chi connectivity index (χ2v) is 5.37. The number of hydrogen-bond acceptors (Lipinski definition) is 4. The molecule has 26 heavy (non-hydrogen) atoms.